The van der Waals surface area contributed by atoms with Gasteiger partial charge in [0.15, 0.2) is 0 Å². The van der Waals surface area contributed by atoms with Crippen molar-refractivity contribution in [1.82, 2.24) is 4.90 Å². The number of thioether (sulfide) groups is 1. The predicted octanol–water partition coefficient (Wildman–Crippen LogP) is 1.53. The Morgan fingerprint density at radius 1 is 1.57 bits per heavy atom. The molecule has 0 aromatic heterocycles. The van der Waals surface area contributed by atoms with E-state index in [0.29, 0.717) is 18.4 Å². The van der Waals surface area contributed by atoms with Gasteiger partial charge < -0.3 is 10.0 Å². The summed E-state index contributed by atoms with van der Waals surface area (Å²) in [5.74, 6) is 2.22. The molecule has 2 atom stereocenters. The summed E-state index contributed by atoms with van der Waals surface area (Å²) in [6, 6.07) is 0.579. The molecule has 1 aliphatic rings. The molecule has 1 aliphatic heterocycles. The van der Waals surface area contributed by atoms with Crippen LogP contribution in [0.25, 0.3) is 0 Å². The second-order valence-electron chi connectivity index (χ2n) is 4.09. The molecule has 0 bridgehead atoms. The van der Waals surface area contributed by atoms with Gasteiger partial charge in [0, 0.05) is 12.5 Å². The summed E-state index contributed by atoms with van der Waals surface area (Å²) in [7, 11) is 4.18. The number of carboxylic acids is 1. The number of nitrogens with zero attached hydrogens (tertiary/aromatic N) is 1. The Labute approximate surface area is 89.9 Å². The molecule has 0 aromatic carbocycles. The van der Waals surface area contributed by atoms with Crippen LogP contribution in [0.15, 0.2) is 0 Å². The first-order valence-corrected chi connectivity index (χ1v) is 6.22. The Morgan fingerprint density at radius 3 is 2.86 bits per heavy atom. The lowest BCUT2D eigenvalue weighted by Gasteiger charge is -2.35. The topological polar surface area (TPSA) is 40.5 Å². The molecule has 0 saturated carbocycles. The fourth-order valence-corrected chi connectivity index (χ4v) is 3.32. The van der Waals surface area contributed by atoms with Gasteiger partial charge in [-0.1, -0.05) is 0 Å². The third-order valence-electron chi connectivity index (χ3n) is 2.83. The summed E-state index contributed by atoms with van der Waals surface area (Å²) in [4.78, 5) is 12.7. The molecule has 2 unspecified atom stereocenters. The van der Waals surface area contributed by atoms with Gasteiger partial charge >= 0.3 is 5.97 Å². The van der Waals surface area contributed by atoms with Crippen LogP contribution in [0, 0.1) is 5.92 Å². The zero-order chi connectivity index (χ0) is 10.6. The summed E-state index contributed by atoms with van der Waals surface area (Å²) >= 11 is 1.96. The molecule has 3 nitrogen and oxygen atoms in total. The Kier molecular flexibility index (Phi) is 4.75. The number of hydrogen-bond acceptors (Lipinski definition) is 3. The van der Waals surface area contributed by atoms with Crippen LogP contribution in [0.3, 0.4) is 0 Å². The van der Waals surface area contributed by atoms with Crippen molar-refractivity contribution in [2.75, 3.05) is 25.6 Å². The Balaban J connectivity index is 2.41. The zero-order valence-electron chi connectivity index (χ0n) is 8.90. The van der Waals surface area contributed by atoms with Gasteiger partial charge in [0.05, 0.1) is 0 Å². The van der Waals surface area contributed by atoms with Crippen LogP contribution < -0.4 is 0 Å². The van der Waals surface area contributed by atoms with Gasteiger partial charge in [-0.25, -0.2) is 0 Å². The van der Waals surface area contributed by atoms with Crippen LogP contribution in [-0.4, -0.2) is 47.6 Å². The molecule has 4 heteroatoms. The number of rotatable bonds is 4. The maximum absolute atomic E-state index is 10.5. The molecule has 82 valence electrons. The van der Waals surface area contributed by atoms with Crippen molar-refractivity contribution in [3.05, 3.63) is 0 Å². The highest BCUT2D eigenvalue weighted by Crippen LogP contribution is 2.29. The van der Waals surface area contributed by atoms with Crippen LogP contribution >= 0.6 is 11.8 Å². The SMILES string of the molecule is CN(C)C1CCSCC1CCC(=O)O. The first kappa shape index (κ1) is 11.9. The summed E-state index contributed by atoms with van der Waals surface area (Å²) < 4.78 is 0. The van der Waals surface area contributed by atoms with E-state index in [1.807, 2.05) is 11.8 Å². The number of carbonyl (C=O) groups is 1. The molecule has 0 aliphatic carbocycles. The minimum atomic E-state index is -0.668. The second kappa shape index (κ2) is 5.61. The first-order chi connectivity index (χ1) is 6.61. The van der Waals surface area contributed by atoms with Crippen LogP contribution in [0.2, 0.25) is 0 Å². The molecule has 0 radical (unpaired) electrons. The molecule has 1 saturated heterocycles. The average Bonchev–Trinajstić information content (AvgIpc) is 2.15. The lowest BCUT2D eigenvalue weighted by Crippen LogP contribution is -2.39. The van der Waals surface area contributed by atoms with Crippen LogP contribution in [0.4, 0.5) is 0 Å². The standard InChI is InChI=1S/C10H19NO2S/c1-11(2)9-5-6-14-7-8(9)3-4-10(12)13/h8-9H,3-7H2,1-2H3,(H,12,13). The minimum Gasteiger partial charge on any atom is -0.481 e. The zero-order valence-corrected chi connectivity index (χ0v) is 9.72. The normalized spacial score (nSPS) is 27.9. The van der Waals surface area contributed by atoms with Gasteiger partial charge in [-0.2, -0.15) is 11.8 Å². The van der Waals surface area contributed by atoms with Gasteiger partial charge in [-0.15, -0.1) is 0 Å². The predicted molar refractivity (Wildman–Crippen MR) is 59.8 cm³/mol. The highest BCUT2D eigenvalue weighted by Gasteiger charge is 2.27. The molecule has 0 amide bonds. The maximum atomic E-state index is 10.5. The van der Waals surface area contributed by atoms with Gasteiger partial charge in [0.2, 0.25) is 0 Å². The van der Waals surface area contributed by atoms with E-state index in [1.165, 1.54) is 12.2 Å². The second-order valence-corrected chi connectivity index (χ2v) is 5.24. The van der Waals surface area contributed by atoms with Crippen molar-refractivity contribution in [1.29, 1.82) is 0 Å². The van der Waals surface area contributed by atoms with Gasteiger partial charge in [-0.05, 0) is 44.4 Å². The monoisotopic (exact) mass is 217 g/mol. The lowest BCUT2D eigenvalue weighted by atomic mass is 9.93. The van der Waals surface area contributed by atoms with Crippen molar-refractivity contribution >= 4 is 17.7 Å². The van der Waals surface area contributed by atoms with Crippen LogP contribution in [-0.2, 0) is 4.79 Å². The van der Waals surface area contributed by atoms with E-state index in [2.05, 4.69) is 19.0 Å². The van der Waals surface area contributed by atoms with Crippen LogP contribution in [0.5, 0.6) is 0 Å². The van der Waals surface area contributed by atoms with E-state index in [-0.39, 0.29) is 0 Å². The first-order valence-electron chi connectivity index (χ1n) is 5.07. The van der Waals surface area contributed by atoms with Crippen molar-refractivity contribution < 1.29 is 9.90 Å². The van der Waals surface area contributed by atoms with E-state index in [9.17, 15) is 4.79 Å². The Hall–Kier alpha value is -0.220. The smallest absolute Gasteiger partial charge is 0.303 e. The molecule has 1 N–H and O–H groups in total. The Morgan fingerprint density at radius 2 is 2.29 bits per heavy atom. The minimum absolute atomic E-state index is 0.315. The molecule has 1 rings (SSSR count). The molecular weight excluding hydrogens is 198 g/mol. The van der Waals surface area contributed by atoms with E-state index >= 15 is 0 Å². The molecule has 0 aromatic rings. The van der Waals surface area contributed by atoms with Crippen molar-refractivity contribution in [3.8, 4) is 0 Å². The summed E-state index contributed by atoms with van der Waals surface area (Å²) in [5, 5.41) is 8.65. The highest BCUT2D eigenvalue weighted by atomic mass is 32.2. The average molecular weight is 217 g/mol. The molecule has 1 fully saturated rings. The fraction of sp³-hybridized carbons (Fsp3) is 0.900. The number of aliphatic carboxylic acids is 1. The van der Waals surface area contributed by atoms with Crippen molar-refractivity contribution in [2.45, 2.75) is 25.3 Å². The lowest BCUT2D eigenvalue weighted by molar-refractivity contribution is -0.137. The largest absolute Gasteiger partial charge is 0.481 e. The third-order valence-corrected chi connectivity index (χ3v) is 4.01. The highest BCUT2D eigenvalue weighted by molar-refractivity contribution is 7.99. The summed E-state index contributed by atoms with van der Waals surface area (Å²) in [6.07, 6.45) is 2.34. The van der Waals surface area contributed by atoms with E-state index < -0.39 is 5.97 Å². The fourth-order valence-electron chi connectivity index (χ4n) is 2.05. The molecular formula is C10H19NO2S. The number of carboxylic acid groups (broad SMARTS) is 1. The maximum Gasteiger partial charge on any atom is 0.303 e. The summed E-state index contributed by atoms with van der Waals surface area (Å²) in [6.45, 7) is 0. The molecule has 0 spiro atoms. The van der Waals surface area contributed by atoms with Crippen molar-refractivity contribution in [2.24, 2.45) is 5.92 Å². The van der Waals surface area contributed by atoms with E-state index in [1.54, 1.807) is 0 Å². The van der Waals surface area contributed by atoms with Gasteiger partial charge in [0.1, 0.15) is 0 Å². The molecule has 14 heavy (non-hydrogen) atoms. The third kappa shape index (κ3) is 3.50. The van der Waals surface area contributed by atoms with Crippen LogP contribution in [0.1, 0.15) is 19.3 Å². The molecule has 1 heterocycles. The quantitative estimate of drug-likeness (QED) is 0.775. The summed E-state index contributed by atoms with van der Waals surface area (Å²) in [5.41, 5.74) is 0. The van der Waals surface area contributed by atoms with Gasteiger partial charge in [0.25, 0.3) is 0 Å². The van der Waals surface area contributed by atoms with Crippen molar-refractivity contribution in [3.63, 3.8) is 0 Å². The van der Waals surface area contributed by atoms with E-state index in [0.717, 1.165) is 12.2 Å². The van der Waals surface area contributed by atoms with Gasteiger partial charge in [-0.3, -0.25) is 4.79 Å². The number of hydrogen-bond donors (Lipinski definition) is 1. The Bertz CT molecular complexity index is 197. The van der Waals surface area contributed by atoms with E-state index in [4.69, 9.17) is 5.11 Å².